The molecule has 2 aromatic rings. The molecule has 0 saturated heterocycles. The summed E-state index contributed by atoms with van der Waals surface area (Å²) >= 11 is 1.20. The van der Waals surface area contributed by atoms with Crippen molar-refractivity contribution in [1.29, 1.82) is 5.26 Å². The van der Waals surface area contributed by atoms with Crippen LogP contribution in [0.2, 0.25) is 0 Å². The van der Waals surface area contributed by atoms with E-state index in [9.17, 15) is 14.4 Å². The number of nitrogens with zero attached hydrogens (tertiary/aromatic N) is 1. The standard InChI is InChI=1S/C19H19N3O4S/c1-11-5-4-6-14(9-11)17(24)21-12(2)19(25)26-13(3)16(23)22-18-15(10-20)7-8-27-18/h4-9,12-13H,1-3H3,(H,21,24)(H,22,23)/t12-,13+/m0/s1. The molecule has 0 aliphatic carbocycles. The average Bonchev–Trinajstić information content (AvgIpc) is 3.08. The number of thiophene rings is 1. The van der Waals surface area contributed by atoms with Crippen molar-refractivity contribution in [1.82, 2.24) is 5.32 Å². The lowest BCUT2D eigenvalue weighted by Crippen LogP contribution is -2.42. The highest BCUT2D eigenvalue weighted by molar-refractivity contribution is 7.14. The van der Waals surface area contributed by atoms with Crippen LogP contribution in [0, 0.1) is 18.3 Å². The maximum atomic E-state index is 12.2. The lowest BCUT2D eigenvalue weighted by atomic mass is 10.1. The molecule has 1 heterocycles. The van der Waals surface area contributed by atoms with Gasteiger partial charge in [-0.05, 0) is 44.4 Å². The Labute approximate surface area is 161 Å². The Morgan fingerprint density at radius 2 is 1.96 bits per heavy atom. The van der Waals surface area contributed by atoms with E-state index in [2.05, 4.69) is 10.6 Å². The number of nitriles is 1. The Bertz CT molecular complexity index is 900. The van der Waals surface area contributed by atoms with E-state index in [-0.39, 0.29) is 0 Å². The van der Waals surface area contributed by atoms with Gasteiger partial charge < -0.3 is 15.4 Å². The molecule has 0 spiro atoms. The van der Waals surface area contributed by atoms with Gasteiger partial charge >= 0.3 is 5.97 Å². The second-order valence-electron chi connectivity index (χ2n) is 5.91. The van der Waals surface area contributed by atoms with Gasteiger partial charge in [0.2, 0.25) is 0 Å². The summed E-state index contributed by atoms with van der Waals surface area (Å²) in [4.78, 5) is 36.5. The molecular formula is C19H19N3O4S. The molecule has 1 aromatic heterocycles. The number of rotatable bonds is 6. The monoisotopic (exact) mass is 385 g/mol. The fourth-order valence-electron chi connectivity index (χ4n) is 2.16. The van der Waals surface area contributed by atoms with Crippen molar-refractivity contribution in [3.63, 3.8) is 0 Å². The molecule has 2 amide bonds. The number of amides is 2. The molecule has 140 valence electrons. The molecule has 0 fully saturated rings. The summed E-state index contributed by atoms with van der Waals surface area (Å²) in [5.74, 6) is -1.69. The predicted molar refractivity (Wildman–Crippen MR) is 101 cm³/mol. The van der Waals surface area contributed by atoms with Gasteiger partial charge in [0.05, 0.1) is 5.56 Å². The SMILES string of the molecule is Cc1cccc(C(=O)N[C@@H](C)C(=O)O[C@H](C)C(=O)Nc2sccc2C#N)c1. The van der Waals surface area contributed by atoms with Gasteiger partial charge in [-0.15, -0.1) is 11.3 Å². The van der Waals surface area contributed by atoms with Crippen molar-refractivity contribution in [3.05, 3.63) is 52.4 Å². The fraction of sp³-hybridized carbons (Fsp3) is 0.263. The van der Waals surface area contributed by atoms with Crippen molar-refractivity contribution >= 4 is 34.1 Å². The van der Waals surface area contributed by atoms with Crippen LogP contribution in [0.15, 0.2) is 35.7 Å². The van der Waals surface area contributed by atoms with E-state index in [4.69, 9.17) is 10.00 Å². The summed E-state index contributed by atoms with van der Waals surface area (Å²) in [6, 6.07) is 9.58. The highest BCUT2D eigenvalue weighted by Gasteiger charge is 2.24. The van der Waals surface area contributed by atoms with Gasteiger partial charge in [-0.2, -0.15) is 5.26 Å². The van der Waals surface area contributed by atoms with Gasteiger partial charge in [-0.25, -0.2) is 4.79 Å². The Morgan fingerprint density at radius 3 is 2.63 bits per heavy atom. The molecule has 0 unspecified atom stereocenters. The van der Waals surface area contributed by atoms with E-state index in [1.54, 1.807) is 29.6 Å². The lowest BCUT2D eigenvalue weighted by Gasteiger charge is -2.17. The fourth-order valence-corrected chi connectivity index (χ4v) is 2.90. The number of hydrogen-bond donors (Lipinski definition) is 2. The summed E-state index contributed by atoms with van der Waals surface area (Å²) in [6.45, 7) is 4.76. The summed E-state index contributed by atoms with van der Waals surface area (Å²) < 4.78 is 5.11. The lowest BCUT2D eigenvalue weighted by molar-refractivity contribution is -0.154. The van der Waals surface area contributed by atoms with Crippen molar-refractivity contribution in [2.24, 2.45) is 0 Å². The quantitative estimate of drug-likeness (QED) is 0.743. The normalized spacial score (nSPS) is 12.4. The Kier molecular flexibility index (Phi) is 6.68. The Morgan fingerprint density at radius 1 is 1.22 bits per heavy atom. The second-order valence-corrected chi connectivity index (χ2v) is 6.82. The number of carbonyl (C=O) groups is 3. The molecule has 1 aromatic carbocycles. The molecule has 0 saturated carbocycles. The van der Waals surface area contributed by atoms with Crippen molar-refractivity contribution in [2.75, 3.05) is 5.32 Å². The van der Waals surface area contributed by atoms with Crippen LogP contribution in [-0.2, 0) is 14.3 Å². The molecule has 0 aliphatic rings. The predicted octanol–water partition coefficient (Wildman–Crippen LogP) is 2.62. The maximum Gasteiger partial charge on any atom is 0.329 e. The molecule has 2 atom stereocenters. The molecule has 7 nitrogen and oxygen atoms in total. The second kappa shape index (κ2) is 8.96. The van der Waals surface area contributed by atoms with E-state index < -0.39 is 29.9 Å². The summed E-state index contributed by atoms with van der Waals surface area (Å²) in [5.41, 5.74) is 1.70. The van der Waals surface area contributed by atoms with Gasteiger partial charge in [0.15, 0.2) is 6.10 Å². The first-order valence-corrected chi connectivity index (χ1v) is 9.06. The van der Waals surface area contributed by atoms with Crippen LogP contribution < -0.4 is 10.6 Å². The zero-order valence-corrected chi connectivity index (χ0v) is 15.9. The Hall–Kier alpha value is -3.18. The minimum absolute atomic E-state index is 0.339. The van der Waals surface area contributed by atoms with Crippen molar-refractivity contribution < 1.29 is 19.1 Å². The number of esters is 1. The van der Waals surface area contributed by atoms with Crippen molar-refractivity contribution in [3.8, 4) is 6.07 Å². The van der Waals surface area contributed by atoms with Gasteiger partial charge in [0.1, 0.15) is 17.1 Å². The van der Waals surface area contributed by atoms with E-state index >= 15 is 0 Å². The number of carbonyl (C=O) groups excluding carboxylic acids is 3. The highest BCUT2D eigenvalue weighted by atomic mass is 32.1. The van der Waals surface area contributed by atoms with Crippen LogP contribution in [0.3, 0.4) is 0 Å². The zero-order chi connectivity index (χ0) is 20.0. The number of anilines is 1. The number of aryl methyl sites for hydroxylation is 1. The first-order chi connectivity index (χ1) is 12.8. The third kappa shape index (κ3) is 5.39. The minimum Gasteiger partial charge on any atom is -0.451 e. The van der Waals surface area contributed by atoms with E-state index in [1.807, 2.05) is 19.1 Å². The zero-order valence-electron chi connectivity index (χ0n) is 15.1. The minimum atomic E-state index is -1.08. The molecule has 8 heteroatoms. The number of hydrogen-bond acceptors (Lipinski definition) is 6. The smallest absolute Gasteiger partial charge is 0.329 e. The molecule has 2 rings (SSSR count). The first-order valence-electron chi connectivity index (χ1n) is 8.18. The average molecular weight is 385 g/mol. The largest absolute Gasteiger partial charge is 0.451 e. The number of benzene rings is 1. The van der Waals surface area contributed by atoms with E-state index in [0.717, 1.165) is 5.56 Å². The van der Waals surface area contributed by atoms with Gasteiger partial charge in [-0.1, -0.05) is 17.7 Å². The van der Waals surface area contributed by atoms with Crippen LogP contribution in [0.4, 0.5) is 5.00 Å². The van der Waals surface area contributed by atoms with E-state index in [1.165, 1.54) is 25.2 Å². The van der Waals surface area contributed by atoms with Crippen LogP contribution >= 0.6 is 11.3 Å². The third-order valence-electron chi connectivity index (χ3n) is 3.67. The number of nitrogens with one attached hydrogen (secondary N) is 2. The van der Waals surface area contributed by atoms with Crippen LogP contribution in [-0.4, -0.2) is 29.9 Å². The van der Waals surface area contributed by atoms with Gasteiger partial charge in [0, 0.05) is 5.56 Å². The highest BCUT2D eigenvalue weighted by Crippen LogP contribution is 2.22. The van der Waals surface area contributed by atoms with Gasteiger partial charge in [0.25, 0.3) is 11.8 Å². The molecule has 27 heavy (non-hydrogen) atoms. The molecular weight excluding hydrogens is 366 g/mol. The molecule has 2 N–H and O–H groups in total. The van der Waals surface area contributed by atoms with Gasteiger partial charge in [-0.3, -0.25) is 9.59 Å². The summed E-state index contributed by atoms with van der Waals surface area (Å²) in [5, 5.41) is 16.1. The molecule has 0 radical (unpaired) electrons. The summed E-state index contributed by atoms with van der Waals surface area (Å²) in [7, 11) is 0. The molecule has 0 aliphatic heterocycles. The third-order valence-corrected chi connectivity index (χ3v) is 4.50. The number of ether oxygens (including phenoxy) is 1. The van der Waals surface area contributed by atoms with Crippen LogP contribution in [0.1, 0.15) is 35.3 Å². The van der Waals surface area contributed by atoms with E-state index in [0.29, 0.717) is 16.1 Å². The van der Waals surface area contributed by atoms with Crippen LogP contribution in [0.25, 0.3) is 0 Å². The molecule has 0 bridgehead atoms. The summed E-state index contributed by atoms with van der Waals surface area (Å²) in [6.07, 6.45) is -1.08. The van der Waals surface area contributed by atoms with Crippen molar-refractivity contribution in [2.45, 2.75) is 32.9 Å². The maximum absolute atomic E-state index is 12.2. The topological polar surface area (TPSA) is 108 Å². The Balaban J connectivity index is 1.90. The first kappa shape index (κ1) is 20.1. The van der Waals surface area contributed by atoms with Crippen LogP contribution in [0.5, 0.6) is 0 Å².